The van der Waals surface area contributed by atoms with Gasteiger partial charge in [-0.05, 0) is 58.5 Å². The van der Waals surface area contributed by atoms with E-state index in [0.29, 0.717) is 35.1 Å². The summed E-state index contributed by atoms with van der Waals surface area (Å²) in [6.07, 6.45) is 1.17. The van der Waals surface area contributed by atoms with Gasteiger partial charge >= 0.3 is 0 Å². The van der Waals surface area contributed by atoms with Crippen molar-refractivity contribution < 1.29 is 14.3 Å². The summed E-state index contributed by atoms with van der Waals surface area (Å²) in [7, 11) is 3.22. The maximum absolute atomic E-state index is 12.0. The maximum atomic E-state index is 12.0. The molecule has 1 saturated heterocycles. The van der Waals surface area contributed by atoms with Crippen molar-refractivity contribution in [3.05, 3.63) is 57.6 Å². The lowest BCUT2D eigenvalue weighted by Crippen LogP contribution is -2.32. The molecule has 4 rings (SSSR count). The SMILES string of the molecule is COc1cc2c(cc1OC)C1NC(=O)CCC1=C2c1ccc(N)c(Cl)c1. The number of ether oxygens (including phenoxy) is 2. The molecule has 3 N–H and O–H groups in total. The molecule has 0 spiro atoms. The molecular weight excluding hydrogens is 352 g/mol. The number of halogens is 1. The average Bonchev–Trinajstić information content (AvgIpc) is 2.95. The molecule has 1 aliphatic carbocycles. The second-order valence-electron chi connectivity index (χ2n) is 6.43. The van der Waals surface area contributed by atoms with E-state index < -0.39 is 0 Å². The van der Waals surface area contributed by atoms with Gasteiger partial charge in [-0.3, -0.25) is 4.79 Å². The number of nitrogens with one attached hydrogen (secondary N) is 1. The summed E-state index contributed by atoms with van der Waals surface area (Å²) in [6, 6.07) is 9.39. The van der Waals surface area contributed by atoms with E-state index in [2.05, 4.69) is 5.32 Å². The molecular formula is C20H19ClN2O3. The highest BCUT2D eigenvalue weighted by Crippen LogP contribution is 2.50. The first-order chi connectivity index (χ1) is 12.5. The van der Waals surface area contributed by atoms with Crippen LogP contribution < -0.4 is 20.5 Å². The zero-order valence-corrected chi connectivity index (χ0v) is 15.3. The Morgan fingerprint density at radius 3 is 2.54 bits per heavy atom. The number of nitrogens with two attached hydrogens (primary N) is 1. The number of benzene rings is 2. The fourth-order valence-electron chi connectivity index (χ4n) is 3.79. The zero-order chi connectivity index (χ0) is 18.4. The van der Waals surface area contributed by atoms with Gasteiger partial charge in [0, 0.05) is 6.42 Å². The molecule has 1 heterocycles. The molecule has 2 aromatic rings. The van der Waals surface area contributed by atoms with Crippen molar-refractivity contribution in [1.82, 2.24) is 5.32 Å². The van der Waals surface area contributed by atoms with Crippen molar-refractivity contribution in [2.24, 2.45) is 0 Å². The van der Waals surface area contributed by atoms with Crippen LogP contribution in [0.1, 0.15) is 35.6 Å². The summed E-state index contributed by atoms with van der Waals surface area (Å²) in [4.78, 5) is 12.0. The van der Waals surface area contributed by atoms with Crippen LogP contribution >= 0.6 is 11.6 Å². The number of rotatable bonds is 3. The van der Waals surface area contributed by atoms with Crippen molar-refractivity contribution >= 4 is 28.8 Å². The van der Waals surface area contributed by atoms with Gasteiger partial charge in [0.1, 0.15) is 0 Å². The predicted molar refractivity (Wildman–Crippen MR) is 102 cm³/mol. The molecule has 2 aromatic carbocycles. The third-order valence-electron chi connectivity index (χ3n) is 5.02. The molecule has 6 heteroatoms. The summed E-state index contributed by atoms with van der Waals surface area (Å²) < 4.78 is 10.9. The van der Waals surface area contributed by atoms with Crippen LogP contribution in [-0.2, 0) is 4.79 Å². The molecule has 26 heavy (non-hydrogen) atoms. The normalized spacial score (nSPS) is 18.3. The topological polar surface area (TPSA) is 73.6 Å². The Labute approximate surface area is 156 Å². The van der Waals surface area contributed by atoms with Crippen LogP contribution in [0.5, 0.6) is 11.5 Å². The van der Waals surface area contributed by atoms with Crippen LogP contribution in [0.3, 0.4) is 0 Å². The standard InChI is InChI=1S/C20H19ClN2O3/c1-25-16-8-12-13(9-17(16)26-2)20-11(4-6-18(24)23-20)19(12)10-3-5-15(22)14(21)7-10/h3,5,7-9,20H,4,6,22H2,1-2H3,(H,23,24). The molecule has 1 amide bonds. The molecule has 2 aliphatic rings. The highest BCUT2D eigenvalue weighted by Gasteiger charge is 2.37. The number of amides is 1. The number of nitrogen functional groups attached to an aromatic ring is 1. The first-order valence-electron chi connectivity index (χ1n) is 8.37. The zero-order valence-electron chi connectivity index (χ0n) is 14.6. The van der Waals surface area contributed by atoms with Gasteiger partial charge in [-0.2, -0.15) is 0 Å². The second kappa shape index (κ2) is 6.25. The van der Waals surface area contributed by atoms with Gasteiger partial charge in [-0.25, -0.2) is 0 Å². The minimum Gasteiger partial charge on any atom is -0.493 e. The third kappa shape index (κ3) is 2.51. The fourth-order valence-corrected chi connectivity index (χ4v) is 3.97. The molecule has 0 bridgehead atoms. The monoisotopic (exact) mass is 370 g/mol. The number of methoxy groups -OCH3 is 2. The Balaban J connectivity index is 1.96. The Morgan fingerprint density at radius 1 is 1.12 bits per heavy atom. The molecule has 1 atom stereocenters. The number of hydrogen-bond acceptors (Lipinski definition) is 4. The smallest absolute Gasteiger partial charge is 0.221 e. The summed E-state index contributed by atoms with van der Waals surface area (Å²) in [6.45, 7) is 0. The van der Waals surface area contributed by atoms with Gasteiger partial charge in [0.05, 0.1) is 31.0 Å². The molecule has 1 fully saturated rings. The Hall–Kier alpha value is -2.66. The van der Waals surface area contributed by atoms with E-state index in [0.717, 1.165) is 22.3 Å². The summed E-state index contributed by atoms with van der Waals surface area (Å²) >= 11 is 6.26. The van der Waals surface area contributed by atoms with E-state index in [1.165, 1.54) is 5.57 Å². The van der Waals surface area contributed by atoms with Crippen LogP contribution in [0, 0.1) is 0 Å². The number of carbonyl (C=O) groups is 1. The molecule has 0 radical (unpaired) electrons. The van der Waals surface area contributed by atoms with E-state index in [1.54, 1.807) is 20.3 Å². The Morgan fingerprint density at radius 2 is 1.85 bits per heavy atom. The van der Waals surface area contributed by atoms with Crippen molar-refractivity contribution in [1.29, 1.82) is 0 Å². The average molecular weight is 371 g/mol. The van der Waals surface area contributed by atoms with Gasteiger partial charge in [0.25, 0.3) is 0 Å². The van der Waals surface area contributed by atoms with Gasteiger partial charge in [0.2, 0.25) is 5.91 Å². The summed E-state index contributed by atoms with van der Waals surface area (Å²) in [5, 5.41) is 3.61. The Bertz CT molecular complexity index is 952. The van der Waals surface area contributed by atoms with Crippen LogP contribution in [0.15, 0.2) is 35.9 Å². The third-order valence-corrected chi connectivity index (χ3v) is 5.35. The molecule has 1 unspecified atom stereocenters. The van der Waals surface area contributed by atoms with Crippen molar-refractivity contribution in [3.63, 3.8) is 0 Å². The Kier molecular flexibility index (Phi) is 4.04. The van der Waals surface area contributed by atoms with Gasteiger partial charge in [-0.15, -0.1) is 0 Å². The lowest BCUT2D eigenvalue weighted by Gasteiger charge is -2.24. The van der Waals surface area contributed by atoms with E-state index >= 15 is 0 Å². The van der Waals surface area contributed by atoms with Crippen LogP contribution in [-0.4, -0.2) is 20.1 Å². The lowest BCUT2D eigenvalue weighted by molar-refractivity contribution is -0.122. The first-order valence-corrected chi connectivity index (χ1v) is 8.75. The molecule has 0 aromatic heterocycles. The van der Waals surface area contributed by atoms with Crippen molar-refractivity contribution in [2.75, 3.05) is 20.0 Å². The molecule has 5 nitrogen and oxygen atoms in total. The summed E-state index contributed by atoms with van der Waals surface area (Å²) in [5.41, 5.74) is 11.7. The molecule has 134 valence electrons. The highest BCUT2D eigenvalue weighted by molar-refractivity contribution is 6.33. The van der Waals surface area contributed by atoms with Gasteiger partial charge in [-0.1, -0.05) is 17.7 Å². The van der Waals surface area contributed by atoms with E-state index in [9.17, 15) is 4.79 Å². The maximum Gasteiger partial charge on any atom is 0.221 e. The largest absolute Gasteiger partial charge is 0.493 e. The van der Waals surface area contributed by atoms with Crippen LogP contribution in [0.2, 0.25) is 5.02 Å². The van der Waals surface area contributed by atoms with Crippen molar-refractivity contribution in [3.8, 4) is 11.5 Å². The van der Waals surface area contributed by atoms with Gasteiger partial charge < -0.3 is 20.5 Å². The fraction of sp³-hybridized carbons (Fsp3) is 0.250. The minimum atomic E-state index is -0.155. The van der Waals surface area contributed by atoms with E-state index in [4.69, 9.17) is 26.8 Å². The van der Waals surface area contributed by atoms with Crippen molar-refractivity contribution in [2.45, 2.75) is 18.9 Å². The first kappa shape index (κ1) is 16.8. The number of hydrogen-bond donors (Lipinski definition) is 2. The van der Waals surface area contributed by atoms with E-state index in [1.807, 2.05) is 24.3 Å². The predicted octanol–water partition coefficient (Wildman–Crippen LogP) is 3.71. The quantitative estimate of drug-likeness (QED) is 0.808. The number of carbonyl (C=O) groups excluding carboxylic acids is 1. The van der Waals surface area contributed by atoms with Crippen LogP contribution in [0.4, 0.5) is 5.69 Å². The highest BCUT2D eigenvalue weighted by atomic mass is 35.5. The van der Waals surface area contributed by atoms with Gasteiger partial charge in [0.15, 0.2) is 11.5 Å². The molecule has 1 aliphatic heterocycles. The summed E-state index contributed by atoms with van der Waals surface area (Å²) in [5.74, 6) is 1.34. The lowest BCUT2D eigenvalue weighted by atomic mass is 9.93. The number of anilines is 1. The number of fused-ring (bicyclic) bond motifs is 3. The van der Waals surface area contributed by atoms with Crippen LogP contribution in [0.25, 0.3) is 5.57 Å². The molecule has 0 saturated carbocycles. The second-order valence-corrected chi connectivity index (χ2v) is 6.84. The van der Waals surface area contributed by atoms with E-state index in [-0.39, 0.29) is 11.9 Å². The number of piperidine rings is 1. The minimum absolute atomic E-state index is 0.0519.